The lowest BCUT2D eigenvalue weighted by molar-refractivity contribution is 0.378. The van der Waals surface area contributed by atoms with E-state index in [1.54, 1.807) is 0 Å². The van der Waals surface area contributed by atoms with E-state index in [1.807, 2.05) is 6.20 Å². The average molecular weight is 269 g/mol. The number of pyridine rings is 1. The van der Waals surface area contributed by atoms with Crippen LogP contribution in [0.5, 0.6) is 0 Å². The molecule has 1 heterocycles. The SMILES string of the molecule is CCN(c1ccnc2ccccc12)C1CCC(N)CC1. The van der Waals surface area contributed by atoms with Gasteiger partial charge in [-0.25, -0.2) is 0 Å². The summed E-state index contributed by atoms with van der Waals surface area (Å²) in [6.45, 7) is 3.28. The van der Waals surface area contributed by atoms with Crippen molar-refractivity contribution in [3.63, 3.8) is 0 Å². The predicted molar refractivity (Wildman–Crippen MR) is 85.0 cm³/mol. The smallest absolute Gasteiger partial charge is 0.0722 e. The molecule has 106 valence electrons. The fourth-order valence-electron chi connectivity index (χ4n) is 3.37. The summed E-state index contributed by atoms with van der Waals surface area (Å²) in [5.74, 6) is 0. The molecule has 0 amide bonds. The van der Waals surface area contributed by atoms with Crippen molar-refractivity contribution >= 4 is 16.6 Å². The number of anilines is 1. The lowest BCUT2D eigenvalue weighted by atomic mass is 9.90. The van der Waals surface area contributed by atoms with Crippen LogP contribution in [0.15, 0.2) is 36.5 Å². The Morgan fingerprint density at radius 2 is 1.90 bits per heavy atom. The monoisotopic (exact) mass is 269 g/mol. The third kappa shape index (κ3) is 2.50. The second kappa shape index (κ2) is 5.80. The van der Waals surface area contributed by atoms with Gasteiger partial charge in [0.15, 0.2) is 0 Å². The van der Waals surface area contributed by atoms with Crippen molar-refractivity contribution in [3.05, 3.63) is 36.5 Å². The Hall–Kier alpha value is -1.61. The second-order valence-corrected chi connectivity index (χ2v) is 5.70. The van der Waals surface area contributed by atoms with Gasteiger partial charge in [0.1, 0.15) is 0 Å². The van der Waals surface area contributed by atoms with Gasteiger partial charge < -0.3 is 10.6 Å². The van der Waals surface area contributed by atoms with Crippen molar-refractivity contribution in [1.29, 1.82) is 0 Å². The Balaban J connectivity index is 1.95. The van der Waals surface area contributed by atoms with E-state index in [1.165, 1.54) is 23.9 Å². The molecule has 2 N–H and O–H groups in total. The molecule has 0 spiro atoms. The maximum atomic E-state index is 6.04. The molecule has 1 aliphatic carbocycles. The van der Waals surface area contributed by atoms with Crippen LogP contribution in [0.3, 0.4) is 0 Å². The molecule has 3 nitrogen and oxygen atoms in total. The van der Waals surface area contributed by atoms with Crippen LogP contribution in [0.4, 0.5) is 5.69 Å². The minimum Gasteiger partial charge on any atom is -0.368 e. The maximum absolute atomic E-state index is 6.04. The van der Waals surface area contributed by atoms with Gasteiger partial charge in [-0.3, -0.25) is 4.98 Å². The summed E-state index contributed by atoms with van der Waals surface area (Å²) in [5, 5.41) is 1.26. The van der Waals surface area contributed by atoms with E-state index in [9.17, 15) is 0 Å². The largest absolute Gasteiger partial charge is 0.368 e. The topological polar surface area (TPSA) is 42.2 Å². The zero-order chi connectivity index (χ0) is 13.9. The van der Waals surface area contributed by atoms with E-state index in [-0.39, 0.29) is 0 Å². The Bertz CT molecular complexity index is 568. The molecule has 1 aromatic heterocycles. The molecule has 0 saturated heterocycles. The van der Waals surface area contributed by atoms with E-state index in [0.717, 1.165) is 24.9 Å². The first-order valence-corrected chi connectivity index (χ1v) is 7.65. The van der Waals surface area contributed by atoms with Crippen LogP contribution in [0, 0.1) is 0 Å². The third-order valence-electron chi connectivity index (χ3n) is 4.46. The number of benzene rings is 1. The molecule has 0 aliphatic heterocycles. The highest BCUT2D eigenvalue weighted by Gasteiger charge is 2.24. The van der Waals surface area contributed by atoms with E-state index >= 15 is 0 Å². The fraction of sp³-hybridized carbons (Fsp3) is 0.471. The van der Waals surface area contributed by atoms with E-state index < -0.39 is 0 Å². The summed E-state index contributed by atoms with van der Waals surface area (Å²) < 4.78 is 0. The van der Waals surface area contributed by atoms with Crippen LogP contribution in [-0.2, 0) is 0 Å². The summed E-state index contributed by atoms with van der Waals surface area (Å²) >= 11 is 0. The molecule has 0 atom stereocenters. The zero-order valence-corrected chi connectivity index (χ0v) is 12.1. The van der Waals surface area contributed by atoms with Gasteiger partial charge in [-0.2, -0.15) is 0 Å². The van der Waals surface area contributed by atoms with Gasteiger partial charge in [0.2, 0.25) is 0 Å². The third-order valence-corrected chi connectivity index (χ3v) is 4.46. The van der Waals surface area contributed by atoms with Crippen molar-refractivity contribution in [1.82, 2.24) is 4.98 Å². The maximum Gasteiger partial charge on any atom is 0.0722 e. The quantitative estimate of drug-likeness (QED) is 0.929. The second-order valence-electron chi connectivity index (χ2n) is 5.70. The Morgan fingerprint density at radius 1 is 1.15 bits per heavy atom. The zero-order valence-electron chi connectivity index (χ0n) is 12.1. The molecular formula is C17H23N3. The van der Waals surface area contributed by atoms with Gasteiger partial charge in [0.05, 0.1) is 5.52 Å². The minimum atomic E-state index is 0.402. The molecule has 3 rings (SSSR count). The summed E-state index contributed by atoms with van der Waals surface area (Å²) in [6.07, 6.45) is 6.61. The lowest BCUT2D eigenvalue weighted by Gasteiger charge is -2.37. The molecule has 20 heavy (non-hydrogen) atoms. The Labute approximate surface area is 120 Å². The average Bonchev–Trinajstić information content (AvgIpc) is 2.50. The van der Waals surface area contributed by atoms with Gasteiger partial charge in [0, 0.05) is 35.9 Å². The van der Waals surface area contributed by atoms with Crippen LogP contribution in [0.25, 0.3) is 10.9 Å². The molecule has 0 bridgehead atoms. The van der Waals surface area contributed by atoms with Crippen LogP contribution in [0.1, 0.15) is 32.6 Å². The van der Waals surface area contributed by atoms with Crippen molar-refractivity contribution in [3.8, 4) is 0 Å². The van der Waals surface area contributed by atoms with Gasteiger partial charge in [-0.1, -0.05) is 18.2 Å². The van der Waals surface area contributed by atoms with Crippen molar-refractivity contribution in [2.45, 2.75) is 44.7 Å². The lowest BCUT2D eigenvalue weighted by Crippen LogP contribution is -2.41. The highest BCUT2D eigenvalue weighted by Crippen LogP contribution is 2.31. The number of fused-ring (bicyclic) bond motifs is 1. The summed E-state index contributed by atoms with van der Waals surface area (Å²) in [5.41, 5.74) is 8.44. The van der Waals surface area contributed by atoms with Gasteiger partial charge in [0.25, 0.3) is 0 Å². The number of nitrogens with zero attached hydrogens (tertiary/aromatic N) is 2. The van der Waals surface area contributed by atoms with E-state index in [4.69, 9.17) is 5.73 Å². The van der Waals surface area contributed by atoms with Gasteiger partial charge >= 0.3 is 0 Å². The first kappa shape index (κ1) is 13.4. The predicted octanol–water partition coefficient (Wildman–Crippen LogP) is 3.33. The Morgan fingerprint density at radius 3 is 2.65 bits per heavy atom. The van der Waals surface area contributed by atoms with Crippen LogP contribution < -0.4 is 10.6 Å². The highest BCUT2D eigenvalue weighted by atomic mass is 15.2. The molecule has 1 saturated carbocycles. The molecule has 1 aliphatic rings. The van der Waals surface area contributed by atoms with Crippen molar-refractivity contribution in [2.24, 2.45) is 5.73 Å². The van der Waals surface area contributed by atoms with E-state index in [0.29, 0.717) is 12.1 Å². The number of para-hydroxylation sites is 1. The summed E-state index contributed by atoms with van der Waals surface area (Å²) in [6, 6.07) is 11.6. The molecule has 1 aromatic carbocycles. The molecule has 0 unspecified atom stereocenters. The number of nitrogens with two attached hydrogens (primary N) is 1. The van der Waals surface area contributed by atoms with Crippen LogP contribution in [-0.4, -0.2) is 23.6 Å². The molecule has 0 radical (unpaired) electrons. The normalized spacial score (nSPS) is 22.9. The number of aromatic nitrogens is 1. The first-order chi connectivity index (χ1) is 9.79. The first-order valence-electron chi connectivity index (χ1n) is 7.65. The minimum absolute atomic E-state index is 0.402. The standard InChI is InChI=1S/C17H23N3/c1-2-20(14-9-7-13(18)8-10-14)17-11-12-19-16-6-4-3-5-15(16)17/h3-6,11-14H,2,7-10,18H2,1H3. The Kier molecular flexibility index (Phi) is 3.88. The molecular weight excluding hydrogens is 246 g/mol. The molecule has 3 heteroatoms. The highest BCUT2D eigenvalue weighted by molar-refractivity contribution is 5.91. The van der Waals surface area contributed by atoms with Gasteiger partial charge in [-0.05, 0) is 44.7 Å². The fourth-order valence-corrected chi connectivity index (χ4v) is 3.37. The van der Waals surface area contributed by atoms with E-state index in [2.05, 4.69) is 47.1 Å². The molecule has 2 aromatic rings. The van der Waals surface area contributed by atoms with Crippen molar-refractivity contribution in [2.75, 3.05) is 11.4 Å². The van der Waals surface area contributed by atoms with Gasteiger partial charge in [-0.15, -0.1) is 0 Å². The summed E-state index contributed by atoms with van der Waals surface area (Å²) in [4.78, 5) is 7.01. The summed E-state index contributed by atoms with van der Waals surface area (Å²) in [7, 11) is 0. The molecule has 1 fully saturated rings. The number of hydrogen-bond donors (Lipinski definition) is 1. The van der Waals surface area contributed by atoms with Crippen molar-refractivity contribution < 1.29 is 0 Å². The van der Waals surface area contributed by atoms with Crippen LogP contribution >= 0.6 is 0 Å². The van der Waals surface area contributed by atoms with Crippen LogP contribution in [0.2, 0.25) is 0 Å². The number of hydrogen-bond acceptors (Lipinski definition) is 3. The number of rotatable bonds is 3.